The zero-order valence-electron chi connectivity index (χ0n) is 11.8. The summed E-state index contributed by atoms with van der Waals surface area (Å²) in [5.74, 6) is -17.9. The fourth-order valence-corrected chi connectivity index (χ4v) is 2.51. The molecule has 26 heavy (non-hydrogen) atoms. The van der Waals surface area contributed by atoms with Gasteiger partial charge in [-0.3, -0.25) is 0 Å². The van der Waals surface area contributed by atoms with Crippen molar-refractivity contribution in [3.05, 3.63) is 24.3 Å². The quantitative estimate of drug-likeness (QED) is 0.558. The molecule has 1 aromatic rings. The van der Waals surface area contributed by atoms with Crippen molar-refractivity contribution in [3.8, 4) is 0 Å². The first kappa shape index (κ1) is 22.2. The highest BCUT2D eigenvalue weighted by Crippen LogP contribution is 2.53. The fraction of sp³-hybridized carbons (Fsp3) is 0.455. The zero-order chi connectivity index (χ0) is 20.8. The first-order valence-electron chi connectivity index (χ1n) is 5.99. The molecule has 0 saturated heterocycles. The van der Waals surface area contributed by atoms with Crippen LogP contribution in [-0.2, 0) is 9.84 Å². The Bertz CT molecular complexity index is 756. The molecule has 0 aromatic heterocycles. The van der Waals surface area contributed by atoms with E-state index in [1.54, 1.807) is 0 Å². The van der Waals surface area contributed by atoms with Crippen molar-refractivity contribution >= 4 is 15.5 Å². The summed E-state index contributed by atoms with van der Waals surface area (Å²) < 4.78 is 163. The molecule has 0 aliphatic heterocycles. The minimum atomic E-state index is -7.10. The van der Waals surface area contributed by atoms with Crippen LogP contribution < -0.4 is 5.32 Å². The number of benzene rings is 1. The summed E-state index contributed by atoms with van der Waals surface area (Å²) in [7, 11) is -5.76. The molecule has 3 nitrogen and oxygen atoms in total. The molecule has 0 bridgehead atoms. The zero-order valence-corrected chi connectivity index (χ0v) is 12.6. The molecule has 0 fully saturated rings. The van der Waals surface area contributed by atoms with Crippen molar-refractivity contribution in [2.45, 2.75) is 34.7 Å². The molecule has 15 heteroatoms. The standard InChI is InChI=1S/C11H6F11NO2S/c12-7(13)26(24,25)6-4-2-1-3-5(6)23-9(16,11(20,21)22)8(14,15)10(17,18)19/h1-4,7,23H. The maximum Gasteiger partial charge on any atom is 0.459 e. The van der Waals surface area contributed by atoms with E-state index in [9.17, 15) is 56.7 Å². The Kier molecular flexibility index (Phi) is 5.49. The minimum absolute atomic E-state index is 0.0976. The normalized spacial score (nSPS) is 16.5. The summed E-state index contributed by atoms with van der Waals surface area (Å²) in [5, 5.41) is 0.0976. The van der Waals surface area contributed by atoms with E-state index in [-0.39, 0.29) is 17.4 Å². The topological polar surface area (TPSA) is 46.2 Å². The Balaban J connectivity index is 3.65. The van der Waals surface area contributed by atoms with Crippen molar-refractivity contribution in [1.82, 2.24) is 0 Å². The second-order valence-electron chi connectivity index (χ2n) is 4.66. The van der Waals surface area contributed by atoms with Gasteiger partial charge in [0.1, 0.15) is 0 Å². The van der Waals surface area contributed by atoms with E-state index >= 15 is 0 Å². The molecule has 0 saturated carbocycles. The highest BCUT2D eigenvalue weighted by molar-refractivity contribution is 7.91. The van der Waals surface area contributed by atoms with Crippen molar-refractivity contribution in [2.24, 2.45) is 0 Å². The van der Waals surface area contributed by atoms with Crippen LogP contribution >= 0.6 is 0 Å². The van der Waals surface area contributed by atoms with E-state index in [2.05, 4.69) is 0 Å². The minimum Gasteiger partial charge on any atom is -0.340 e. The molecule has 1 rings (SSSR count). The number of alkyl halides is 11. The van der Waals surface area contributed by atoms with Gasteiger partial charge in [-0.1, -0.05) is 12.1 Å². The first-order valence-corrected chi connectivity index (χ1v) is 7.53. The van der Waals surface area contributed by atoms with Crippen LogP contribution in [0.3, 0.4) is 0 Å². The molecular formula is C11H6F11NO2S. The third-order valence-corrected chi connectivity index (χ3v) is 4.35. The van der Waals surface area contributed by atoms with Crippen LogP contribution in [0, 0.1) is 0 Å². The third-order valence-electron chi connectivity index (χ3n) is 2.91. The summed E-state index contributed by atoms with van der Waals surface area (Å²) in [5.41, 5.74) is -1.86. The van der Waals surface area contributed by atoms with E-state index < -0.39 is 50.2 Å². The summed E-state index contributed by atoms with van der Waals surface area (Å²) in [6, 6.07) is 1.53. The summed E-state index contributed by atoms with van der Waals surface area (Å²) >= 11 is 0. The van der Waals surface area contributed by atoms with Gasteiger partial charge in [0.05, 0.1) is 10.6 Å². The van der Waals surface area contributed by atoms with Gasteiger partial charge in [0.15, 0.2) is 0 Å². The van der Waals surface area contributed by atoms with Gasteiger partial charge in [0, 0.05) is 0 Å². The van der Waals surface area contributed by atoms with Crippen molar-refractivity contribution in [1.29, 1.82) is 0 Å². The van der Waals surface area contributed by atoms with Gasteiger partial charge in [-0.05, 0) is 12.1 Å². The van der Waals surface area contributed by atoms with E-state index in [0.29, 0.717) is 12.1 Å². The Hall–Kier alpha value is -1.80. The fourth-order valence-electron chi connectivity index (χ4n) is 1.62. The number of halogens is 11. The average molecular weight is 425 g/mol. The highest BCUT2D eigenvalue weighted by atomic mass is 32.2. The van der Waals surface area contributed by atoms with Crippen molar-refractivity contribution in [2.75, 3.05) is 5.32 Å². The molecule has 0 spiro atoms. The third kappa shape index (κ3) is 3.53. The van der Waals surface area contributed by atoms with Gasteiger partial charge in [-0.25, -0.2) is 12.8 Å². The van der Waals surface area contributed by atoms with Crippen molar-refractivity contribution in [3.63, 3.8) is 0 Å². The van der Waals surface area contributed by atoms with Gasteiger partial charge in [-0.15, -0.1) is 0 Å². The van der Waals surface area contributed by atoms with E-state index in [4.69, 9.17) is 0 Å². The molecule has 150 valence electrons. The lowest BCUT2D eigenvalue weighted by molar-refractivity contribution is -0.375. The lowest BCUT2D eigenvalue weighted by Gasteiger charge is -2.37. The molecular weight excluding hydrogens is 419 g/mol. The monoisotopic (exact) mass is 425 g/mol. The smallest absolute Gasteiger partial charge is 0.340 e. The number of hydrogen-bond acceptors (Lipinski definition) is 3. The van der Waals surface area contributed by atoms with Gasteiger partial charge in [-0.2, -0.15) is 43.9 Å². The molecule has 1 unspecified atom stereocenters. The number of nitrogens with one attached hydrogen (secondary N) is 1. The number of hydrogen-bond donors (Lipinski definition) is 1. The maximum atomic E-state index is 13.9. The molecule has 1 aromatic carbocycles. The predicted molar refractivity (Wildman–Crippen MR) is 64.2 cm³/mol. The second-order valence-corrected chi connectivity index (χ2v) is 6.54. The number of rotatable bonds is 5. The largest absolute Gasteiger partial charge is 0.459 e. The molecule has 0 radical (unpaired) electrons. The van der Waals surface area contributed by atoms with Gasteiger partial charge in [0.2, 0.25) is 9.84 Å². The lowest BCUT2D eigenvalue weighted by atomic mass is 10.1. The summed E-state index contributed by atoms with van der Waals surface area (Å²) in [6.07, 6.45) is -14.0. The van der Waals surface area contributed by atoms with Crippen LogP contribution in [-0.4, -0.2) is 38.2 Å². The molecule has 1 atom stereocenters. The molecule has 1 N–H and O–H groups in total. The Morgan fingerprint density at radius 3 is 1.65 bits per heavy atom. The Morgan fingerprint density at radius 1 is 0.808 bits per heavy atom. The Labute approximate surface area is 137 Å². The van der Waals surface area contributed by atoms with E-state index in [0.717, 1.165) is 0 Å². The van der Waals surface area contributed by atoms with Crippen LogP contribution in [0.2, 0.25) is 0 Å². The van der Waals surface area contributed by atoms with E-state index in [1.165, 1.54) is 0 Å². The van der Waals surface area contributed by atoms with Crippen LogP contribution in [0.1, 0.15) is 0 Å². The maximum absolute atomic E-state index is 13.9. The number of para-hydroxylation sites is 1. The van der Waals surface area contributed by atoms with Crippen molar-refractivity contribution < 1.29 is 56.7 Å². The van der Waals surface area contributed by atoms with Gasteiger partial charge < -0.3 is 5.32 Å². The highest BCUT2D eigenvalue weighted by Gasteiger charge is 2.81. The number of sulfone groups is 1. The average Bonchev–Trinajstić information content (AvgIpc) is 2.44. The van der Waals surface area contributed by atoms with Crippen LogP contribution in [0.15, 0.2) is 29.2 Å². The number of anilines is 1. The lowest BCUT2D eigenvalue weighted by Crippen LogP contribution is -2.66. The van der Waals surface area contributed by atoms with Crippen LogP contribution in [0.5, 0.6) is 0 Å². The van der Waals surface area contributed by atoms with Crippen LogP contribution in [0.25, 0.3) is 0 Å². The first-order chi connectivity index (χ1) is 11.4. The van der Waals surface area contributed by atoms with Gasteiger partial charge in [0.25, 0.3) is 0 Å². The Morgan fingerprint density at radius 2 is 1.27 bits per heavy atom. The molecule has 0 aliphatic rings. The second kappa shape index (κ2) is 6.42. The van der Waals surface area contributed by atoms with Crippen LogP contribution in [0.4, 0.5) is 54.0 Å². The predicted octanol–water partition coefficient (Wildman–Crippen LogP) is 4.52. The summed E-state index contributed by atoms with van der Waals surface area (Å²) in [6.45, 7) is 0. The SMILES string of the molecule is O=S(=O)(c1ccccc1NC(F)(C(F)(F)F)C(F)(F)C(F)(F)F)C(F)F. The molecule has 0 aliphatic carbocycles. The molecule has 0 amide bonds. The molecule has 0 heterocycles. The van der Waals surface area contributed by atoms with E-state index in [1.807, 2.05) is 0 Å². The van der Waals surface area contributed by atoms with Gasteiger partial charge >= 0.3 is 29.8 Å². The summed E-state index contributed by atoms with van der Waals surface area (Å²) in [4.78, 5) is -1.81.